The minimum Gasteiger partial charge on any atom is -0.299 e. The Bertz CT molecular complexity index is 552. The van der Waals surface area contributed by atoms with Gasteiger partial charge in [0.05, 0.1) is 0 Å². The third-order valence-electron chi connectivity index (χ3n) is 10.2. The van der Waals surface area contributed by atoms with Gasteiger partial charge < -0.3 is 0 Å². The fourth-order valence-electron chi connectivity index (χ4n) is 8.78. The molecule has 2 unspecified atom stereocenters. The average Bonchev–Trinajstić information content (AvgIpc) is 2.94. The lowest BCUT2D eigenvalue weighted by Crippen LogP contribution is -2.57. The third-order valence-corrected chi connectivity index (χ3v) is 10.2. The van der Waals surface area contributed by atoms with Gasteiger partial charge in [-0.25, -0.2) is 0 Å². The van der Waals surface area contributed by atoms with Crippen molar-refractivity contribution >= 4 is 5.78 Å². The van der Waals surface area contributed by atoms with Crippen LogP contribution in [0.1, 0.15) is 98.8 Å². The van der Waals surface area contributed by atoms with Crippen LogP contribution in [-0.2, 0) is 4.79 Å². The van der Waals surface area contributed by atoms with Crippen LogP contribution in [0.25, 0.3) is 0 Å². The first kappa shape index (κ1) is 19.0. The number of hydrogen-bond donors (Lipinski definition) is 0. The van der Waals surface area contributed by atoms with Crippen molar-refractivity contribution in [2.75, 3.05) is 0 Å². The Labute approximate surface area is 162 Å². The molecule has 0 aromatic heterocycles. The average molecular weight is 359 g/mol. The fraction of sp³-hybridized carbons (Fsp3) is 0.960. The predicted molar refractivity (Wildman–Crippen MR) is 109 cm³/mol. The molecule has 4 fully saturated rings. The molecule has 148 valence electrons. The molecule has 0 heterocycles. The van der Waals surface area contributed by atoms with E-state index in [0.29, 0.717) is 40.3 Å². The van der Waals surface area contributed by atoms with E-state index in [1.54, 1.807) is 0 Å². The van der Waals surface area contributed by atoms with Crippen LogP contribution in [0, 0.1) is 52.3 Å². The fourth-order valence-corrected chi connectivity index (χ4v) is 8.78. The van der Waals surface area contributed by atoms with Gasteiger partial charge in [0.2, 0.25) is 0 Å². The largest absolute Gasteiger partial charge is 0.299 e. The van der Waals surface area contributed by atoms with E-state index in [0.717, 1.165) is 24.2 Å². The van der Waals surface area contributed by atoms with Crippen molar-refractivity contribution in [3.05, 3.63) is 0 Å². The molecular weight excluding hydrogens is 316 g/mol. The van der Waals surface area contributed by atoms with Gasteiger partial charge in [0.1, 0.15) is 5.78 Å². The van der Waals surface area contributed by atoms with E-state index in [1.807, 2.05) is 0 Å². The van der Waals surface area contributed by atoms with E-state index in [2.05, 4.69) is 34.6 Å². The van der Waals surface area contributed by atoms with Gasteiger partial charge in [-0.2, -0.15) is 0 Å². The van der Waals surface area contributed by atoms with E-state index in [4.69, 9.17) is 0 Å². The summed E-state index contributed by atoms with van der Waals surface area (Å²) in [6, 6.07) is 0. The number of ketones is 1. The summed E-state index contributed by atoms with van der Waals surface area (Å²) in [6.45, 7) is 12.4. The maximum absolute atomic E-state index is 13.4. The third kappa shape index (κ3) is 2.66. The van der Waals surface area contributed by atoms with Gasteiger partial charge in [0.15, 0.2) is 0 Å². The molecule has 4 saturated carbocycles. The highest BCUT2D eigenvalue weighted by molar-refractivity contribution is 5.83. The Balaban J connectivity index is 1.62. The lowest BCUT2D eigenvalue weighted by molar-refractivity contribution is -0.158. The SMILES string of the molecule is CCC[C@@H](C)[C@H]1CCC2[C@@H]3C(=O)C[C@@H]4C[C@H](C)CC[C@]4(C)C3CC[C@@]21C. The molecular formula is C25H42O. The van der Waals surface area contributed by atoms with Crippen molar-refractivity contribution in [3.63, 3.8) is 0 Å². The maximum atomic E-state index is 13.4. The van der Waals surface area contributed by atoms with Gasteiger partial charge in [-0.3, -0.25) is 4.79 Å². The van der Waals surface area contributed by atoms with Crippen LogP contribution < -0.4 is 0 Å². The van der Waals surface area contributed by atoms with Crippen LogP contribution in [0.5, 0.6) is 0 Å². The van der Waals surface area contributed by atoms with Crippen LogP contribution >= 0.6 is 0 Å². The molecule has 4 aliphatic rings. The molecule has 9 atom stereocenters. The zero-order valence-electron chi connectivity index (χ0n) is 18.0. The summed E-state index contributed by atoms with van der Waals surface area (Å²) in [5, 5.41) is 0. The Kier molecular flexibility index (Phi) is 4.84. The topological polar surface area (TPSA) is 17.1 Å². The Morgan fingerprint density at radius 2 is 1.73 bits per heavy atom. The van der Waals surface area contributed by atoms with Gasteiger partial charge in [-0.15, -0.1) is 0 Å². The molecule has 1 nitrogen and oxygen atoms in total. The Hall–Kier alpha value is -0.330. The van der Waals surface area contributed by atoms with E-state index in [9.17, 15) is 4.79 Å². The van der Waals surface area contributed by atoms with E-state index in [-0.39, 0.29) is 0 Å². The van der Waals surface area contributed by atoms with Gasteiger partial charge in [0, 0.05) is 12.3 Å². The Morgan fingerprint density at radius 3 is 2.46 bits per heavy atom. The number of Topliss-reactive ketones (excluding diaryl/α,β-unsaturated/α-hetero) is 1. The molecule has 0 spiro atoms. The smallest absolute Gasteiger partial charge is 0.136 e. The summed E-state index contributed by atoms with van der Waals surface area (Å²) in [5.41, 5.74) is 0.899. The van der Waals surface area contributed by atoms with Crippen molar-refractivity contribution in [2.45, 2.75) is 98.8 Å². The summed E-state index contributed by atoms with van der Waals surface area (Å²) in [4.78, 5) is 13.4. The highest BCUT2D eigenvalue weighted by Crippen LogP contribution is 2.67. The second-order valence-electron chi connectivity index (χ2n) is 11.5. The summed E-state index contributed by atoms with van der Waals surface area (Å²) < 4.78 is 0. The van der Waals surface area contributed by atoms with Crippen molar-refractivity contribution in [1.82, 2.24) is 0 Å². The van der Waals surface area contributed by atoms with Gasteiger partial charge in [-0.05, 0) is 84.9 Å². The molecule has 0 aliphatic heterocycles. The van der Waals surface area contributed by atoms with Crippen LogP contribution in [0.15, 0.2) is 0 Å². The molecule has 0 amide bonds. The highest BCUT2D eigenvalue weighted by atomic mass is 16.1. The molecule has 4 rings (SSSR count). The molecule has 0 aromatic rings. The Morgan fingerprint density at radius 1 is 1.04 bits per heavy atom. The molecule has 1 heteroatoms. The van der Waals surface area contributed by atoms with Crippen LogP contribution in [0.3, 0.4) is 0 Å². The van der Waals surface area contributed by atoms with Crippen LogP contribution in [-0.4, -0.2) is 5.78 Å². The second kappa shape index (κ2) is 6.63. The van der Waals surface area contributed by atoms with Crippen molar-refractivity contribution in [3.8, 4) is 0 Å². The lowest BCUT2D eigenvalue weighted by Gasteiger charge is -2.60. The number of hydrogen-bond acceptors (Lipinski definition) is 1. The number of carbonyl (C=O) groups is 1. The van der Waals surface area contributed by atoms with E-state index in [1.165, 1.54) is 57.8 Å². The molecule has 0 radical (unpaired) electrons. The van der Waals surface area contributed by atoms with Crippen molar-refractivity contribution in [2.24, 2.45) is 52.3 Å². The summed E-state index contributed by atoms with van der Waals surface area (Å²) in [6.07, 6.45) is 13.1. The number of rotatable bonds is 3. The summed E-state index contributed by atoms with van der Waals surface area (Å²) in [5.74, 6) is 5.67. The summed E-state index contributed by atoms with van der Waals surface area (Å²) >= 11 is 0. The van der Waals surface area contributed by atoms with Gasteiger partial charge in [0.25, 0.3) is 0 Å². The summed E-state index contributed by atoms with van der Waals surface area (Å²) in [7, 11) is 0. The predicted octanol–water partition coefficient (Wildman–Crippen LogP) is 6.90. The lowest BCUT2D eigenvalue weighted by atomic mass is 9.43. The first-order valence-corrected chi connectivity index (χ1v) is 11.8. The highest BCUT2D eigenvalue weighted by Gasteiger charge is 2.62. The zero-order valence-corrected chi connectivity index (χ0v) is 18.0. The minimum absolute atomic E-state index is 0.405. The molecule has 26 heavy (non-hydrogen) atoms. The quantitative estimate of drug-likeness (QED) is 0.536. The van der Waals surface area contributed by atoms with Crippen LogP contribution in [0.4, 0.5) is 0 Å². The van der Waals surface area contributed by atoms with Crippen molar-refractivity contribution < 1.29 is 4.79 Å². The first-order chi connectivity index (χ1) is 12.3. The number of fused-ring (bicyclic) bond motifs is 5. The zero-order chi connectivity index (χ0) is 18.7. The van der Waals surface area contributed by atoms with Gasteiger partial charge in [-0.1, -0.05) is 53.9 Å². The maximum Gasteiger partial charge on any atom is 0.136 e. The monoisotopic (exact) mass is 358 g/mol. The van der Waals surface area contributed by atoms with E-state index >= 15 is 0 Å². The number of carbonyl (C=O) groups excluding carboxylic acids is 1. The molecule has 0 bridgehead atoms. The minimum atomic E-state index is 0.405. The normalized spacial score (nSPS) is 52.1. The first-order valence-electron chi connectivity index (χ1n) is 11.8. The standard InChI is InChI=1S/C25H42O/c1-6-7-17(3)19-8-9-20-23-21(11-13-25(19,20)5)24(4)12-10-16(2)14-18(24)15-22(23)26/h16-21,23H,6-15H2,1-5H3/t16-,17-,18+,19-,20?,21?,23+,24+,25-/m1/s1. The molecule has 0 N–H and O–H groups in total. The van der Waals surface area contributed by atoms with Crippen molar-refractivity contribution in [1.29, 1.82) is 0 Å². The van der Waals surface area contributed by atoms with E-state index < -0.39 is 0 Å². The molecule has 0 aromatic carbocycles. The second-order valence-corrected chi connectivity index (χ2v) is 11.5. The van der Waals surface area contributed by atoms with Gasteiger partial charge >= 0.3 is 0 Å². The molecule has 4 aliphatic carbocycles. The van der Waals surface area contributed by atoms with Crippen LogP contribution in [0.2, 0.25) is 0 Å². The molecule has 0 saturated heterocycles.